The lowest BCUT2D eigenvalue weighted by Gasteiger charge is -1.94. The SMILES string of the molecule is Brc1cnc(Sc2nccs2)cn1. The molecule has 0 bridgehead atoms. The van der Waals surface area contributed by atoms with Crippen molar-refractivity contribution in [1.82, 2.24) is 15.0 Å². The normalized spacial score (nSPS) is 10.2. The van der Waals surface area contributed by atoms with Crippen molar-refractivity contribution >= 4 is 39.0 Å². The lowest BCUT2D eigenvalue weighted by Crippen LogP contribution is -1.81. The van der Waals surface area contributed by atoms with Crippen molar-refractivity contribution in [3.05, 3.63) is 28.6 Å². The molecule has 0 fully saturated rings. The van der Waals surface area contributed by atoms with E-state index in [-0.39, 0.29) is 0 Å². The summed E-state index contributed by atoms with van der Waals surface area (Å²) in [6.07, 6.45) is 5.17. The summed E-state index contributed by atoms with van der Waals surface area (Å²) in [7, 11) is 0. The summed E-state index contributed by atoms with van der Waals surface area (Å²) >= 11 is 6.34. The van der Waals surface area contributed by atoms with Crippen molar-refractivity contribution in [2.24, 2.45) is 0 Å². The number of hydrogen-bond acceptors (Lipinski definition) is 5. The standard InChI is InChI=1S/C7H4BrN3S2/c8-5-3-11-6(4-10-5)13-7-9-1-2-12-7/h1-4H. The molecule has 0 unspecified atom stereocenters. The van der Waals surface area contributed by atoms with Gasteiger partial charge in [-0.05, 0) is 27.7 Å². The van der Waals surface area contributed by atoms with Crippen LogP contribution in [0.2, 0.25) is 0 Å². The van der Waals surface area contributed by atoms with Gasteiger partial charge in [0.25, 0.3) is 0 Å². The number of halogens is 1. The molecule has 0 saturated heterocycles. The Morgan fingerprint density at radius 1 is 1.23 bits per heavy atom. The third-order valence-electron chi connectivity index (χ3n) is 1.20. The first kappa shape index (κ1) is 9.11. The third-order valence-corrected chi connectivity index (χ3v) is 3.41. The summed E-state index contributed by atoms with van der Waals surface area (Å²) in [5, 5.41) is 2.80. The van der Waals surface area contributed by atoms with Gasteiger partial charge in [-0.3, -0.25) is 0 Å². The van der Waals surface area contributed by atoms with Crippen molar-refractivity contribution in [2.45, 2.75) is 9.37 Å². The molecular weight excluding hydrogens is 270 g/mol. The maximum atomic E-state index is 4.17. The predicted molar refractivity (Wildman–Crippen MR) is 56.0 cm³/mol. The molecule has 13 heavy (non-hydrogen) atoms. The molecule has 0 aromatic carbocycles. The minimum atomic E-state index is 0.746. The summed E-state index contributed by atoms with van der Waals surface area (Å²) in [4.78, 5) is 12.4. The minimum Gasteiger partial charge on any atom is -0.245 e. The van der Waals surface area contributed by atoms with E-state index in [1.54, 1.807) is 29.9 Å². The van der Waals surface area contributed by atoms with Gasteiger partial charge in [-0.1, -0.05) is 0 Å². The van der Waals surface area contributed by atoms with E-state index in [0.29, 0.717) is 0 Å². The number of rotatable bonds is 2. The number of aromatic nitrogens is 3. The Hall–Kier alpha value is -0.460. The lowest BCUT2D eigenvalue weighted by molar-refractivity contribution is 1.03. The van der Waals surface area contributed by atoms with E-state index in [0.717, 1.165) is 14.0 Å². The van der Waals surface area contributed by atoms with Crippen LogP contribution in [0.5, 0.6) is 0 Å². The zero-order valence-corrected chi connectivity index (χ0v) is 9.56. The highest BCUT2D eigenvalue weighted by atomic mass is 79.9. The zero-order valence-electron chi connectivity index (χ0n) is 6.35. The lowest BCUT2D eigenvalue weighted by atomic mass is 10.8. The maximum Gasteiger partial charge on any atom is 0.156 e. The van der Waals surface area contributed by atoms with E-state index >= 15 is 0 Å². The Bertz CT molecular complexity index is 373. The van der Waals surface area contributed by atoms with Gasteiger partial charge in [-0.2, -0.15) is 0 Å². The van der Waals surface area contributed by atoms with E-state index in [9.17, 15) is 0 Å². The Morgan fingerprint density at radius 3 is 2.77 bits per heavy atom. The largest absolute Gasteiger partial charge is 0.245 e. The van der Waals surface area contributed by atoms with Crippen LogP contribution in [0.1, 0.15) is 0 Å². The van der Waals surface area contributed by atoms with E-state index < -0.39 is 0 Å². The minimum absolute atomic E-state index is 0.746. The molecule has 0 spiro atoms. The average molecular weight is 274 g/mol. The second-order valence-electron chi connectivity index (χ2n) is 2.08. The third kappa shape index (κ3) is 2.49. The second-order valence-corrected chi connectivity index (χ2v) is 5.05. The molecule has 0 aliphatic rings. The first-order chi connectivity index (χ1) is 6.34. The van der Waals surface area contributed by atoms with Gasteiger partial charge in [0, 0.05) is 11.6 Å². The van der Waals surface area contributed by atoms with Crippen LogP contribution < -0.4 is 0 Å². The molecule has 66 valence electrons. The number of hydrogen-bond donors (Lipinski definition) is 0. The molecule has 2 rings (SSSR count). The summed E-state index contributed by atoms with van der Waals surface area (Å²) in [6, 6.07) is 0. The van der Waals surface area contributed by atoms with Crippen molar-refractivity contribution in [2.75, 3.05) is 0 Å². The zero-order chi connectivity index (χ0) is 9.10. The van der Waals surface area contributed by atoms with Gasteiger partial charge in [-0.25, -0.2) is 15.0 Å². The van der Waals surface area contributed by atoms with Gasteiger partial charge in [0.2, 0.25) is 0 Å². The van der Waals surface area contributed by atoms with E-state index in [2.05, 4.69) is 30.9 Å². The van der Waals surface area contributed by atoms with Gasteiger partial charge in [0.15, 0.2) is 4.34 Å². The molecule has 0 aliphatic heterocycles. The quantitative estimate of drug-likeness (QED) is 0.844. The molecule has 0 amide bonds. The summed E-state index contributed by atoms with van der Waals surface area (Å²) in [5.74, 6) is 0. The van der Waals surface area contributed by atoms with Crippen molar-refractivity contribution in [3.8, 4) is 0 Å². The monoisotopic (exact) mass is 273 g/mol. The van der Waals surface area contributed by atoms with Crippen LogP contribution in [0, 0.1) is 0 Å². The molecule has 0 N–H and O–H groups in total. The summed E-state index contributed by atoms with van der Waals surface area (Å²) in [5.41, 5.74) is 0. The molecule has 6 heteroatoms. The Balaban J connectivity index is 2.15. The van der Waals surface area contributed by atoms with Crippen molar-refractivity contribution < 1.29 is 0 Å². The van der Waals surface area contributed by atoms with Crippen LogP contribution >= 0.6 is 39.0 Å². The first-order valence-corrected chi connectivity index (χ1v) is 5.88. The molecule has 0 aliphatic carbocycles. The predicted octanol–water partition coefficient (Wildman–Crippen LogP) is 2.85. The smallest absolute Gasteiger partial charge is 0.156 e. The number of thiazole rings is 1. The van der Waals surface area contributed by atoms with Crippen LogP contribution in [0.4, 0.5) is 0 Å². The van der Waals surface area contributed by atoms with E-state index in [1.165, 1.54) is 11.8 Å². The molecular formula is C7H4BrN3S2. The van der Waals surface area contributed by atoms with Gasteiger partial charge < -0.3 is 0 Å². The molecule has 2 aromatic rings. The highest BCUT2D eigenvalue weighted by Gasteiger charge is 2.00. The van der Waals surface area contributed by atoms with Crippen LogP contribution in [0.15, 0.2) is 37.9 Å². The van der Waals surface area contributed by atoms with E-state index in [4.69, 9.17) is 0 Å². The fraction of sp³-hybridized carbons (Fsp3) is 0. The van der Waals surface area contributed by atoms with Gasteiger partial charge in [0.05, 0.1) is 12.4 Å². The molecule has 3 nitrogen and oxygen atoms in total. The molecule has 2 heterocycles. The van der Waals surface area contributed by atoms with Gasteiger partial charge in [-0.15, -0.1) is 11.3 Å². The van der Waals surface area contributed by atoms with E-state index in [1.807, 2.05) is 5.38 Å². The topological polar surface area (TPSA) is 38.7 Å². The molecule has 2 aromatic heterocycles. The molecule has 0 atom stereocenters. The first-order valence-electron chi connectivity index (χ1n) is 3.39. The summed E-state index contributed by atoms with van der Waals surface area (Å²) in [6.45, 7) is 0. The van der Waals surface area contributed by atoms with Gasteiger partial charge >= 0.3 is 0 Å². The Labute approximate surface area is 91.8 Å². The number of nitrogens with zero attached hydrogens (tertiary/aromatic N) is 3. The molecule has 0 saturated carbocycles. The second kappa shape index (κ2) is 4.17. The van der Waals surface area contributed by atoms with Crippen LogP contribution in [-0.4, -0.2) is 15.0 Å². The Morgan fingerprint density at radius 2 is 2.15 bits per heavy atom. The van der Waals surface area contributed by atoms with Crippen molar-refractivity contribution in [1.29, 1.82) is 0 Å². The fourth-order valence-electron chi connectivity index (χ4n) is 0.703. The van der Waals surface area contributed by atoms with Gasteiger partial charge in [0.1, 0.15) is 9.63 Å². The van der Waals surface area contributed by atoms with Crippen LogP contribution in [0.3, 0.4) is 0 Å². The average Bonchev–Trinajstić information content (AvgIpc) is 2.62. The highest BCUT2D eigenvalue weighted by Crippen LogP contribution is 2.26. The Kier molecular flexibility index (Phi) is 2.92. The summed E-state index contributed by atoms with van der Waals surface area (Å²) < 4.78 is 1.73. The highest BCUT2D eigenvalue weighted by molar-refractivity contribution is 9.10. The van der Waals surface area contributed by atoms with Crippen LogP contribution in [0.25, 0.3) is 0 Å². The maximum absolute atomic E-state index is 4.17. The van der Waals surface area contributed by atoms with Crippen molar-refractivity contribution in [3.63, 3.8) is 0 Å². The molecule has 0 radical (unpaired) electrons. The fourth-order valence-corrected chi connectivity index (χ4v) is 2.39. The van der Waals surface area contributed by atoms with Crippen LogP contribution in [-0.2, 0) is 0 Å².